The Morgan fingerprint density at radius 2 is 1.68 bits per heavy atom. The van der Waals surface area contributed by atoms with Gasteiger partial charge in [-0.1, -0.05) is 47.1 Å². The van der Waals surface area contributed by atoms with E-state index in [0.29, 0.717) is 36.8 Å². The predicted molar refractivity (Wildman–Crippen MR) is 138 cm³/mol. The number of carbonyl (C=O) groups excluding carboxylic acids is 2. The molecule has 9 atom stereocenters. The van der Waals surface area contributed by atoms with Crippen LogP contribution in [0.3, 0.4) is 0 Å². The Labute approximate surface area is 220 Å². The van der Waals surface area contributed by atoms with E-state index < -0.39 is 51.9 Å². The zero-order valence-corrected chi connectivity index (χ0v) is 23.3. The molecule has 0 aromatic carbocycles. The molecule has 4 N–H and O–H groups in total. The van der Waals surface area contributed by atoms with Crippen LogP contribution in [0.2, 0.25) is 0 Å². The largest absolute Gasteiger partial charge is 0.481 e. The molecule has 0 amide bonds. The van der Waals surface area contributed by atoms with E-state index >= 15 is 0 Å². The summed E-state index contributed by atoms with van der Waals surface area (Å²) in [5.41, 5.74) is -0.477. The average molecular weight is 517 g/mol. The number of ketones is 2. The number of carboxylic acid groups (broad SMARTS) is 1. The summed E-state index contributed by atoms with van der Waals surface area (Å²) in [5.74, 6) is -2.44. The van der Waals surface area contributed by atoms with Crippen molar-refractivity contribution in [3.8, 4) is 0 Å². The number of fused-ring (bicyclic) bond motifs is 4. The molecule has 4 aliphatic carbocycles. The minimum atomic E-state index is -1.02. The molecule has 206 valence electrons. The molecule has 0 aromatic heterocycles. The molecule has 4 rings (SSSR count). The van der Waals surface area contributed by atoms with Gasteiger partial charge in [-0.25, -0.2) is 0 Å². The molecule has 0 bridgehead atoms. The van der Waals surface area contributed by atoms with Gasteiger partial charge in [-0.15, -0.1) is 0 Å². The number of carboxylic acids is 1. The van der Waals surface area contributed by atoms with Crippen LogP contribution in [0.1, 0.15) is 87.0 Å². The molecule has 7 heteroatoms. The minimum Gasteiger partial charge on any atom is -0.481 e. The number of aliphatic carboxylic acids is 1. The molecule has 0 radical (unpaired) electrons. The molecule has 0 heterocycles. The molecule has 0 aromatic rings. The molecule has 37 heavy (non-hydrogen) atoms. The number of aliphatic hydroxyl groups excluding tert-OH is 3. The van der Waals surface area contributed by atoms with E-state index in [1.807, 2.05) is 34.6 Å². The Hall–Kier alpha value is -1.83. The molecule has 7 nitrogen and oxygen atoms in total. The maximum atomic E-state index is 14.1. The summed E-state index contributed by atoms with van der Waals surface area (Å²) in [5, 5.41) is 43.2. The second kappa shape index (κ2) is 8.85. The maximum absolute atomic E-state index is 14.1. The van der Waals surface area contributed by atoms with Gasteiger partial charge >= 0.3 is 5.97 Å². The molecule has 1 unspecified atom stereocenters. The van der Waals surface area contributed by atoms with E-state index in [2.05, 4.69) is 6.92 Å². The molecular weight excluding hydrogens is 472 g/mol. The summed E-state index contributed by atoms with van der Waals surface area (Å²) in [4.78, 5) is 37.9. The van der Waals surface area contributed by atoms with Crippen LogP contribution < -0.4 is 0 Å². The number of hydrogen-bond donors (Lipinski definition) is 4. The lowest BCUT2D eigenvalue weighted by atomic mass is 9.42. The molecule has 2 saturated carbocycles. The maximum Gasteiger partial charge on any atom is 0.306 e. The Morgan fingerprint density at radius 3 is 2.27 bits per heavy atom. The van der Waals surface area contributed by atoms with Crippen molar-refractivity contribution in [2.75, 3.05) is 0 Å². The van der Waals surface area contributed by atoms with Gasteiger partial charge in [-0.05, 0) is 72.3 Å². The van der Waals surface area contributed by atoms with E-state index in [9.17, 15) is 29.7 Å². The van der Waals surface area contributed by atoms with Crippen molar-refractivity contribution in [1.29, 1.82) is 0 Å². The first-order chi connectivity index (χ1) is 16.9. The van der Waals surface area contributed by atoms with E-state index in [-0.39, 0.29) is 36.2 Å². The number of carbonyl (C=O) groups is 3. The average Bonchev–Trinajstić information content (AvgIpc) is 2.99. The number of allylic oxidation sites excluding steroid dienone is 3. The van der Waals surface area contributed by atoms with Crippen molar-refractivity contribution in [3.05, 3.63) is 22.8 Å². The first-order valence-electron chi connectivity index (χ1n) is 13.7. The highest BCUT2D eigenvalue weighted by Gasteiger charge is 2.69. The smallest absolute Gasteiger partial charge is 0.306 e. The molecule has 4 aliphatic rings. The van der Waals surface area contributed by atoms with Gasteiger partial charge < -0.3 is 20.4 Å². The molecule has 0 spiro atoms. The number of hydrogen-bond acceptors (Lipinski definition) is 6. The van der Waals surface area contributed by atoms with Crippen LogP contribution in [0.4, 0.5) is 0 Å². The topological polar surface area (TPSA) is 132 Å². The fraction of sp³-hybridized carbons (Fsp3) is 0.767. The third kappa shape index (κ3) is 3.82. The van der Waals surface area contributed by atoms with E-state index in [1.54, 1.807) is 0 Å². The van der Waals surface area contributed by atoms with E-state index in [0.717, 1.165) is 5.57 Å². The van der Waals surface area contributed by atoms with Crippen LogP contribution in [-0.2, 0) is 14.4 Å². The van der Waals surface area contributed by atoms with Crippen molar-refractivity contribution >= 4 is 17.5 Å². The molecule has 0 aliphatic heterocycles. The van der Waals surface area contributed by atoms with Gasteiger partial charge in [0.1, 0.15) is 0 Å². The standard InChI is InChI=1S/C30H44O7/c1-15(10-17(31)11-16(2)26(36)37)18-12-23(35)30(7)25-19(32)13-21-27(3,4)22(34)8-9-28(21,5)24(25)20(33)14-29(18,30)6/h10,16,18-19,21-23,32,34-35H,8-9,11-14H2,1-7H3,(H,36,37)/b15-10-/t16-,18-,19+,21?,22+,23+,28+,29-,30+/m1/s1. The fourth-order valence-corrected chi connectivity index (χ4v) is 8.96. The summed E-state index contributed by atoms with van der Waals surface area (Å²) in [6.07, 6.45) is 1.39. The molecule has 2 fully saturated rings. The zero-order valence-electron chi connectivity index (χ0n) is 23.3. The minimum absolute atomic E-state index is 0.00820. The van der Waals surface area contributed by atoms with Crippen molar-refractivity contribution in [2.24, 2.45) is 39.4 Å². The lowest BCUT2D eigenvalue weighted by Crippen LogP contribution is -2.60. The van der Waals surface area contributed by atoms with Gasteiger partial charge in [0.2, 0.25) is 0 Å². The van der Waals surface area contributed by atoms with Gasteiger partial charge in [0.15, 0.2) is 11.6 Å². The molecular formula is C30H44O7. The number of Topliss-reactive ketones (excluding diaryl/α,β-unsaturated/α-hetero) is 1. The third-order valence-corrected chi connectivity index (χ3v) is 11.4. The van der Waals surface area contributed by atoms with Crippen molar-refractivity contribution in [3.63, 3.8) is 0 Å². The number of aliphatic hydroxyl groups is 3. The Morgan fingerprint density at radius 1 is 1.05 bits per heavy atom. The fourth-order valence-electron chi connectivity index (χ4n) is 8.96. The number of rotatable bonds is 5. The quantitative estimate of drug-likeness (QED) is 0.408. The second-order valence-corrected chi connectivity index (χ2v) is 13.7. The van der Waals surface area contributed by atoms with Crippen molar-refractivity contribution in [1.82, 2.24) is 0 Å². The van der Waals surface area contributed by atoms with Crippen LogP contribution in [-0.4, -0.2) is 56.3 Å². The highest BCUT2D eigenvalue weighted by atomic mass is 16.4. The Balaban J connectivity index is 1.79. The summed E-state index contributed by atoms with van der Waals surface area (Å²) < 4.78 is 0. The highest BCUT2D eigenvalue weighted by molar-refractivity contribution is 6.00. The summed E-state index contributed by atoms with van der Waals surface area (Å²) in [6, 6.07) is 0. The Kier molecular flexibility index (Phi) is 6.74. The lowest BCUT2D eigenvalue weighted by molar-refractivity contribution is -0.142. The summed E-state index contributed by atoms with van der Waals surface area (Å²) >= 11 is 0. The van der Waals surface area contributed by atoms with Crippen molar-refractivity contribution in [2.45, 2.75) is 105 Å². The first-order valence-corrected chi connectivity index (χ1v) is 13.7. The second-order valence-electron chi connectivity index (χ2n) is 13.7. The predicted octanol–water partition coefficient (Wildman–Crippen LogP) is 3.84. The highest BCUT2D eigenvalue weighted by Crippen LogP contribution is 2.71. The van der Waals surface area contributed by atoms with Crippen LogP contribution in [0.5, 0.6) is 0 Å². The van der Waals surface area contributed by atoms with Crippen LogP contribution in [0, 0.1) is 39.4 Å². The first kappa shape index (κ1) is 28.2. The van der Waals surface area contributed by atoms with E-state index in [1.165, 1.54) is 13.0 Å². The monoisotopic (exact) mass is 516 g/mol. The zero-order chi connectivity index (χ0) is 27.9. The SMILES string of the molecule is C/C(=C/C(=O)C[C@@H](C)C(=O)O)[C@H]1C[C@H](O)[C@@]2(C)C3=C(C(=O)C[C@]12C)[C@@]1(C)CC[C@H](O)C(C)(C)C1C[C@@H]3O. The van der Waals surface area contributed by atoms with E-state index in [4.69, 9.17) is 5.11 Å². The molecule has 0 saturated heterocycles. The van der Waals surface area contributed by atoms with Gasteiger partial charge in [-0.3, -0.25) is 14.4 Å². The summed E-state index contributed by atoms with van der Waals surface area (Å²) in [7, 11) is 0. The normalized spacial score (nSPS) is 44.1. The van der Waals surface area contributed by atoms with Gasteiger partial charge in [-0.2, -0.15) is 0 Å². The third-order valence-electron chi connectivity index (χ3n) is 11.4. The Bertz CT molecular complexity index is 1090. The van der Waals surface area contributed by atoms with Crippen molar-refractivity contribution < 1.29 is 34.8 Å². The van der Waals surface area contributed by atoms with Crippen LogP contribution >= 0.6 is 0 Å². The van der Waals surface area contributed by atoms with Crippen LogP contribution in [0.15, 0.2) is 22.8 Å². The summed E-state index contributed by atoms with van der Waals surface area (Å²) in [6.45, 7) is 13.4. The van der Waals surface area contributed by atoms with Gasteiger partial charge in [0, 0.05) is 23.8 Å². The van der Waals surface area contributed by atoms with Crippen LogP contribution in [0.25, 0.3) is 0 Å². The van der Waals surface area contributed by atoms with Gasteiger partial charge in [0.25, 0.3) is 0 Å². The lowest BCUT2D eigenvalue weighted by Gasteiger charge is -2.62. The van der Waals surface area contributed by atoms with Gasteiger partial charge in [0.05, 0.1) is 24.2 Å².